The highest BCUT2D eigenvalue weighted by atomic mass is 16.2. The molecule has 1 atom stereocenters. The van der Waals surface area contributed by atoms with Crippen LogP contribution in [0, 0.1) is 5.41 Å². The fourth-order valence-corrected chi connectivity index (χ4v) is 1.55. The standard InChI is InChI=1S/C11H21N3O2/c1-11(2,3)10(16)13-6-9(15)14-5-4-8(12)7-14/h8H,4-7,12H2,1-3H3,(H,13,16)/t8-/m1/s1. The molecule has 5 heteroatoms. The van der Waals surface area contributed by atoms with E-state index >= 15 is 0 Å². The number of carbonyl (C=O) groups excluding carboxylic acids is 2. The molecule has 92 valence electrons. The number of rotatable bonds is 2. The number of amides is 2. The van der Waals surface area contributed by atoms with E-state index in [1.165, 1.54) is 0 Å². The number of hydrogen-bond acceptors (Lipinski definition) is 3. The van der Waals surface area contributed by atoms with Crippen LogP contribution in [-0.2, 0) is 9.59 Å². The predicted octanol–water partition coefficient (Wildman–Crippen LogP) is -0.292. The third-order valence-corrected chi connectivity index (χ3v) is 2.66. The lowest BCUT2D eigenvalue weighted by molar-refractivity contribution is -0.134. The van der Waals surface area contributed by atoms with E-state index in [1.54, 1.807) is 4.90 Å². The van der Waals surface area contributed by atoms with Gasteiger partial charge in [0.25, 0.3) is 0 Å². The Hall–Kier alpha value is -1.10. The minimum absolute atomic E-state index is 0.0504. The lowest BCUT2D eigenvalue weighted by atomic mass is 9.96. The van der Waals surface area contributed by atoms with E-state index in [0.717, 1.165) is 6.42 Å². The normalized spacial score (nSPS) is 21.0. The average molecular weight is 227 g/mol. The van der Waals surface area contributed by atoms with E-state index in [0.29, 0.717) is 13.1 Å². The molecule has 0 bridgehead atoms. The maximum Gasteiger partial charge on any atom is 0.242 e. The van der Waals surface area contributed by atoms with Gasteiger partial charge in [0.15, 0.2) is 0 Å². The van der Waals surface area contributed by atoms with Crippen LogP contribution in [0.5, 0.6) is 0 Å². The van der Waals surface area contributed by atoms with Crippen molar-refractivity contribution < 1.29 is 9.59 Å². The Morgan fingerprint density at radius 2 is 2.06 bits per heavy atom. The monoisotopic (exact) mass is 227 g/mol. The van der Waals surface area contributed by atoms with Gasteiger partial charge in [0.1, 0.15) is 0 Å². The van der Waals surface area contributed by atoms with Crippen LogP contribution in [0.3, 0.4) is 0 Å². The van der Waals surface area contributed by atoms with Crippen molar-refractivity contribution in [3.05, 3.63) is 0 Å². The number of nitrogens with zero attached hydrogens (tertiary/aromatic N) is 1. The molecule has 1 heterocycles. The van der Waals surface area contributed by atoms with E-state index in [2.05, 4.69) is 5.32 Å². The van der Waals surface area contributed by atoms with Crippen molar-refractivity contribution in [3.63, 3.8) is 0 Å². The van der Waals surface area contributed by atoms with Gasteiger partial charge in [-0.05, 0) is 6.42 Å². The number of nitrogens with two attached hydrogens (primary N) is 1. The summed E-state index contributed by atoms with van der Waals surface area (Å²) in [6, 6.07) is 0.0854. The van der Waals surface area contributed by atoms with Crippen molar-refractivity contribution >= 4 is 11.8 Å². The molecule has 0 radical (unpaired) electrons. The highest BCUT2D eigenvalue weighted by Crippen LogP contribution is 2.12. The number of nitrogens with one attached hydrogen (secondary N) is 1. The third-order valence-electron chi connectivity index (χ3n) is 2.66. The van der Waals surface area contributed by atoms with E-state index in [9.17, 15) is 9.59 Å². The first-order chi connectivity index (χ1) is 7.30. The van der Waals surface area contributed by atoms with Crippen LogP contribution in [0.4, 0.5) is 0 Å². The fraction of sp³-hybridized carbons (Fsp3) is 0.818. The molecular weight excluding hydrogens is 206 g/mol. The Kier molecular flexibility index (Phi) is 3.91. The Balaban J connectivity index is 2.33. The molecule has 1 rings (SSSR count). The Labute approximate surface area is 96.4 Å². The summed E-state index contributed by atoms with van der Waals surface area (Å²) in [6.45, 7) is 6.83. The van der Waals surface area contributed by atoms with Gasteiger partial charge in [-0.15, -0.1) is 0 Å². The van der Waals surface area contributed by atoms with Crippen molar-refractivity contribution in [2.24, 2.45) is 11.1 Å². The van der Waals surface area contributed by atoms with Crippen LogP contribution < -0.4 is 11.1 Å². The fourth-order valence-electron chi connectivity index (χ4n) is 1.55. The molecule has 0 aromatic carbocycles. The van der Waals surface area contributed by atoms with Crippen LogP contribution in [-0.4, -0.2) is 42.4 Å². The summed E-state index contributed by atoms with van der Waals surface area (Å²) in [6.07, 6.45) is 0.846. The van der Waals surface area contributed by atoms with Crippen molar-refractivity contribution in [2.45, 2.75) is 33.2 Å². The minimum Gasteiger partial charge on any atom is -0.347 e. The Bertz CT molecular complexity index is 283. The summed E-state index contributed by atoms with van der Waals surface area (Å²) in [4.78, 5) is 24.9. The number of carbonyl (C=O) groups is 2. The van der Waals surface area contributed by atoms with Gasteiger partial charge in [0.05, 0.1) is 6.54 Å². The molecule has 0 saturated carbocycles. The van der Waals surface area contributed by atoms with E-state index in [-0.39, 0.29) is 24.4 Å². The topological polar surface area (TPSA) is 75.4 Å². The highest BCUT2D eigenvalue weighted by molar-refractivity contribution is 5.87. The highest BCUT2D eigenvalue weighted by Gasteiger charge is 2.25. The zero-order valence-corrected chi connectivity index (χ0v) is 10.2. The molecule has 1 saturated heterocycles. The van der Waals surface area contributed by atoms with Crippen molar-refractivity contribution in [1.29, 1.82) is 0 Å². The van der Waals surface area contributed by atoms with Crippen LogP contribution in [0.15, 0.2) is 0 Å². The molecule has 5 nitrogen and oxygen atoms in total. The Morgan fingerprint density at radius 3 is 2.50 bits per heavy atom. The lowest BCUT2D eigenvalue weighted by Gasteiger charge is -2.20. The smallest absolute Gasteiger partial charge is 0.242 e. The molecular formula is C11H21N3O2. The van der Waals surface area contributed by atoms with Crippen molar-refractivity contribution in [2.75, 3.05) is 19.6 Å². The minimum atomic E-state index is -0.457. The van der Waals surface area contributed by atoms with Crippen LogP contribution >= 0.6 is 0 Å². The largest absolute Gasteiger partial charge is 0.347 e. The molecule has 0 aromatic heterocycles. The molecule has 2 amide bonds. The second-order valence-corrected chi connectivity index (χ2v) is 5.32. The molecule has 0 unspecified atom stereocenters. The molecule has 16 heavy (non-hydrogen) atoms. The Morgan fingerprint density at radius 1 is 1.44 bits per heavy atom. The van der Waals surface area contributed by atoms with Gasteiger partial charge in [0.2, 0.25) is 11.8 Å². The summed E-state index contributed by atoms with van der Waals surface area (Å²) >= 11 is 0. The van der Waals surface area contributed by atoms with Crippen LogP contribution in [0.25, 0.3) is 0 Å². The average Bonchev–Trinajstić information content (AvgIpc) is 2.59. The van der Waals surface area contributed by atoms with Crippen LogP contribution in [0.2, 0.25) is 0 Å². The maximum atomic E-state index is 11.7. The van der Waals surface area contributed by atoms with Crippen molar-refractivity contribution in [1.82, 2.24) is 10.2 Å². The van der Waals surface area contributed by atoms with Gasteiger partial charge in [-0.25, -0.2) is 0 Å². The van der Waals surface area contributed by atoms with Gasteiger partial charge < -0.3 is 16.0 Å². The molecule has 1 fully saturated rings. The second-order valence-electron chi connectivity index (χ2n) is 5.32. The molecule has 0 aromatic rings. The summed E-state index contributed by atoms with van der Waals surface area (Å²) in [5, 5.41) is 2.64. The predicted molar refractivity (Wildman–Crippen MR) is 61.6 cm³/mol. The number of hydrogen-bond donors (Lipinski definition) is 2. The molecule has 3 N–H and O–H groups in total. The summed E-state index contributed by atoms with van der Waals surface area (Å²) in [7, 11) is 0. The first-order valence-corrected chi connectivity index (χ1v) is 5.62. The second kappa shape index (κ2) is 4.82. The zero-order chi connectivity index (χ0) is 12.3. The van der Waals surface area contributed by atoms with E-state index in [1.807, 2.05) is 20.8 Å². The van der Waals surface area contributed by atoms with Gasteiger partial charge in [-0.2, -0.15) is 0 Å². The number of likely N-dealkylation sites (tertiary alicyclic amines) is 1. The molecule has 0 spiro atoms. The molecule has 1 aliphatic rings. The first-order valence-electron chi connectivity index (χ1n) is 5.62. The quantitative estimate of drug-likeness (QED) is 0.680. The van der Waals surface area contributed by atoms with Gasteiger partial charge in [0, 0.05) is 24.5 Å². The van der Waals surface area contributed by atoms with Crippen LogP contribution in [0.1, 0.15) is 27.2 Å². The summed E-state index contributed by atoms with van der Waals surface area (Å²) in [5.74, 6) is -0.158. The van der Waals surface area contributed by atoms with E-state index < -0.39 is 5.41 Å². The van der Waals surface area contributed by atoms with Gasteiger partial charge >= 0.3 is 0 Å². The van der Waals surface area contributed by atoms with E-state index in [4.69, 9.17) is 5.73 Å². The zero-order valence-electron chi connectivity index (χ0n) is 10.2. The lowest BCUT2D eigenvalue weighted by Crippen LogP contribution is -2.43. The van der Waals surface area contributed by atoms with Gasteiger partial charge in [-0.3, -0.25) is 9.59 Å². The summed E-state index contributed by atoms with van der Waals surface area (Å²) in [5.41, 5.74) is 5.25. The summed E-state index contributed by atoms with van der Waals surface area (Å²) < 4.78 is 0. The third kappa shape index (κ3) is 3.48. The SMILES string of the molecule is CC(C)(C)C(=O)NCC(=O)N1CC[C@@H](N)C1. The molecule has 0 aliphatic carbocycles. The maximum absolute atomic E-state index is 11.7. The first kappa shape index (κ1) is 13.0. The van der Waals surface area contributed by atoms with Gasteiger partial charge in [-0.1, -0.05) is 20.8 Å². The van der Waals surface area contributed by atoms with Crippen molar-refractivity contribution in [3.8, 4) is 0 Å². The molecule has 1 aliphatic heterocycles.